The summed E-state index contributed by atoms with van der Waals surface area (Å²) >= 11 is 0. The van der Waals surface area contributed by atoms with Gasteiger partial charge < -0.3 is 19.3 Å². The molecule has 1 fully saturated rings. The van der Waals surface area contributed by atoms with Crippen LogP contribution in [-0.4, -0.2) is 40.4 Å². The number of rotatable bonds is 6. The molecule has 0 aliphatic carbocycles. The van der Waals surface area contributed by atoms with Crippen molar-refractivity contribution in [1.82, 2.24) is 0 Å². The number of nitrogens with one attached hydrogen (secondary N) is 2. The van der Waals surface area contributed by atoms with Crippen molar-refractivity contribution in [2.45, 2.75) is 20.0 Å². The van der Waals surface area contributed by atoms with E-state index in [-0.39, 0.29) is 0 Å². The summed E-state index contributed by atoms with van der Waals surface area (Å²) in [5.74, 6) is 1.86. The summed E-state index contributed by atoms with van der Waals surface area (Å²) in [5.41, 5.74) is 4.04. The van der Waals surface area contributed by atoms with Crippen molar-refractivity contribution >= 4 is 0 Å². The van der Waals surface area contributed by atoms with E-state index < -0.39 is 0 Å². The standard InChI is InChI=1S/C21H28N2O2/c1-17-5-4-6-18(13-17)15-22-9-11-23(12-10-22)16-19-14-20(24-2)7-8-21(19)25-3/h4-8,13-14H,9-12,15-16H2,1-3H3/p+2. The Morgan fingerprint density at radius 2 is 1.56 bits per heavy atom. The van der Waals surface area contributed by atoms with E-state index in [1.165, 1.54) is 42.9 Å². The molecule has 0 spiro atoms. The molecule has 1 saturated heterocycles. The molecule has 4 heteroatoms. The lowest BCUT2D eigenvalue weighted by Gasteiger charge is -2.30. The van der Waals surface area contributed by atoms with Gasteiger partial charge in [-0.3, -0.25) is 0 Å². The van der Waals surface area contributed by atoms with E-state index in [9.17, 15) is 0 Å². The van der Waals surface area contributed by atoms with Gasteiger partial charge in [0.2, 0.25) is 0 Å². The highest BCUT2D eigenvalue weighted by molar-refractivity contribution is 5.39. The quantitative estimate of drug-likeness (QED) is 0.800. The summed E-state index contributed by atoms with van der Waals surface area (Å²) in [7, 11) is 3.45. The zero-order valence-electron chi connectivity index (χ0n) is 15.6. The molecule has 2 aromatic rings. The summed E-state index contributed by atoms with van der Waals surface area (Å²) in [6.07, 6.45) is 0. The van der Waals surface area contributed by atoms with Gasteiger partial charge >= 0.3 is 0 Å². The second-order valence-corrected chi connectivity index (χ2v) is 7.02. The zero-order chi connectivity index (χ0) is 17.6. The lowest BCUT2D eigenvalue weighted by molar-refractivity contribution is -1.02. The molecule has 2 aromatic carbocycles. The number of methoxy groups -OCH3 is 2. The minimum absolute atomic E-state index is 0.902. The average molecular weight is 342 g/mol. The number of quaternary nitrogens is 2. The zero-order valence-corrected chi connectivity index (χ0v) is 15.6. The Morgan fingerprint density at radius 3 is 2.20 bits per heavy atom. The fourth-order valence-electron chi connectivity index (χ4n) is 3.71. The Hall–Kier alpha value is -2.04. The van der Waals surface area contributed by atoms with E-state index in [2.05, 4.69) is 37.3 Å². The molecule has 0 aromatic heterocycles. The third-order valence-corrected chi connectivity index (χ3v) is 5.13. The van der Waals surface area contributed by atoms with Gasteiger partial charge in [-0.1, -0.05) is 29.8 Å². The molecule has 0 bridgehead atoms. The lowest BCUT2D eigenvalue weighted by Crippen LogP contribution is -3.27. The van der Waals surface area contributed by atoms with E-state index in [0.29, 0.717) is 0 Å². The molecule has 134 valence electrons. The smallest absolute Gasteiger partial charge is 0.127 e. The van der Waals surface area contributed by atoms with E-state index >= 15 is 0 Å². The maximum atomic E-state index is 5.52. The summed E-state index contributed by atoms with van der Waals surface area (Å²) in [4.78, 5) is 3.31. The molecule has 4 nitrogen and oxygen atoms in total. The van der Waals surface area contributed by atoms with Gasteiger partial charge in [-0.2, -0.15) is 0 Å². The molecule has 2 N–H and O–H groups in total. The summed E-state index contributed by atoms with van der Waals surface area (Å²) in [5, 5.41) is 0. The van der Waals surface area contributed by atoms with E-state index in [0.717, 1.165) is 24.6 Å². The van der Waals surface area contributed by atoms with Crippen LogP contribution in [0.1, 0.15) is 16.7 Å². The van der Waals surface area contributed by atoms with Gasteiger partial charge in [0.25, 0.3) is 0 Å². The first-order valence-corrected chi connectivity index (χ1v) is 9.11. The number of piperazine rings is 1. The van der Waals surface area contributed by atoms with Crippen molar-refractivity contribution in [2.24, 2.45) is 0 Å². The molecule has 1 aliphatic rings. The minimum atomic E-state index is 0.902. The predicted molar refractivity (Wildman–Crippen MR) is 99.5 cm³/mol. The fraction of sp³-hybridized carbons (Fsp3) is 0.429. The Kier molecular flexibility index (Phi) is 5.95. The Labute approximate surface area is 151 Å². The van der Waals surface area contributed by atoms with Crippen LogP contribution in [0.2, 0.25) is 0 Å². The van der Waals surface area contributed by atoms with Gasteiger partial charge in [-0.25, -0.2) is 0 Å². The molecular formula is C21H30N2O2+2. The second-order valence-electron chi connectivity index (χ2n) is 7.02. The van der Waals surface area contributed by atoms with Crippen LogP contribution in [0.25, 0.3) is 0 Å². The van der Waals surface area contributed by atoms with Crippen LogP contribution in [0.4, 0.5) is 0 Å². The fourth-order valence-corrected chi connectivity index (χ4v) is 3.71. The first-order chi connectivity index (χ1) is 12.2. The average Bonchev–Trinajstić information content (AvgIpc) is 2.63. The monoisotopic (exact) mass is 342 g/mol. The topological polar surface area (TPSA) is 27.3 Å². The highest BCUT2D eigenvalue weighted by Gasteiger charge is 2.24. The van der Waals surface area contributed by atoms with Crippen molar-refractivity contribution in [3.63, 3.8) is 0 Å². The van der Waals surface area contributed by atoms with E-state index in [1.807, 2.05) is 12.1 Å². The Balaban J connectivity index is 1.56. The second kappa shape index (κ2) is 8.37. The van der Waals surface area contributed by atoms with Crippen LogP contribution in [0, 0.1) is 6.92 Å². The Morgan fingerprint density at radius 1 is 0.840 bits per heavy atom. The van der Waals surface area contributed by atoms with E-state index in [1.54, 1.807) is 24.0 Å². The van der Waals surface area contributed by atoms with Crippen LogP contribution in [0.15, 0.2) is 42.5 Å². The van der Waals surface area contributed by atoms with Crippen molar-refractivity contribution < 1.29 is 19.3 Å². The minimum Gasteiger partial charge on any atom is -0.497 e. The molecule has 0 unspecified atom stereocenters. The molecule has 1 aliphatic heterocycles. The first-order valence-electron chi connectivity index (χ1n) is 9.11. The van der Waals surface area contributed by atoms with Crippen molar-refractivity contribution in [1.29, 1.82) is 0 Å². The number of aryl methyl sites for hydroxylation is 1. The predicted octanol–water partition coefficient (Wildman–Crippen LogP) is 0.496. The summed E-state index contributed by atoms with van der Waals surface area (Å²) in [6, 6.07) is 15.0. The highest BCUT2D eigenvalue weighted by atomic mass is 16.5. The van der Waals surface area contributed by atoms with Crippen LogP contribution in [0.3, 0.4) is 0 Å². The molecule has 0 atom stereocenters. The molecule has 0 radical (unpaired) electrons. The number of hydrogen-bond acceptors (Lipinski definition) is 2. The molecular weight excluding hydrogens is 312 g/mol. The maximum Gasteiger partial charge on any atom is 0.127 e. The largest absolute Gasteiger partial charge is 0.497 e. The van der Waals surface area contributed by atoms with Gasteiger partial charge in [-0.15, -0.1) is 0 Å². The molecule has 3 rings (SSSR count). The van der Waals surface area contributed by atoms with Crippen molar-refractivity contribution in [3.8, 4) is 11.5 Å². The van der Waals surface area contributed by atoms with Gasteiger partial charge in [-0.05, 0) is 25.1 Å². The molecule has 25 heavy (non-hydrogen) atoms. The normalized spacial score (nSPS) is 20.3. The Bertz CT molecular complexity index is 694. The third-order valence-electron chi connectivity index (χ3n) is 5.13. The molecule has 0 saturated carbocycles. The van der Waals surface area contributed by atoms with Gasteiger partial charge in [0, 0.05) is 5.56 Å². The third kappa shape index (κ3) is 4.74. The van der Waals surface area contributed by atoms with Crippen LogP contribution < -0.4 is 19.3 Å². The summed E-state index contributed by atoms with van der Waals surface area (Å²) in [6.45, 7) is 9.13. The van der Waals surface area contributed by atoms with Crippen LogP contribution in [-0.2, 0) is 13.1 Å². The van der Waals surface area contributed by atoms with Crippen molar-refractivity contribution in [3.05, 3.63) is 59.2 Å². The van der Waals surface area contributed by atoms with Gasteiger partial charge in [0.05, 0.1) is 19.8 Å². The number of benzene rings is 2. The first kappa shape index (κ1) is 17.8. The van der Waals surface area contributed by atoms with Crippen LogP contribution in [0.5, 0.6) is 11.5 Å². The lowest BCUT2D eigenvalue weighted by atomic mass is 10.1. The molecule has 1 heterocycles. The van der Waals surface area contributed by atoms with Gasteiger partial charge in [0.15, 0.2) is 0 Å². The van der Waals surface area contributed by atoms with Gasteiger partial charge in [0.1, 0.15) is 50.8 Å². The number of hydrogen-bond donors (Lipinski definition) is 2. The van der Waals surface area contributed by atoms with Crippen molar-refractivity contribution in [2.75, 3.05) is 40.4 Å². The SMILES string of the molecule is COc1ccc(OC)c(C[NH+]2CC[NH+](Cc3cccc(C)c3)CC2)c1. The number of ether oxygens (including phenoxy) is 2. The van der Waals surface area contributed by atoms with E-state index in [4.69, 9.17) is 9.47 Å². The molecule has 0 amide bonds. The highest BCUT2D eigenvalue weighted by Crippen LogP contribution is 2.23. The van der Waals surface area contributed by atoms with Crippen LogP contribution >= 0.6 is 0 Å². The maximum absolute atomic E-state index is 5.52. The summed E-state index contributed by atoms with van der Waals surface area (Å²) < 4.78 is 10.9.